The highest BCUT2D eigenvalue weighted by Gasteiger charge is 2.07. The summed E-state index contributed by atoms with van der Waals surface area (Å²) >= 11 is 2.92. The second-order valence-corrected chi connectivity index (χ2v) is 5.50. The minimum absolute atomic E-state index is 0.360. The molecular formula is C9H11N5S2. The first-order valence-electron chi connectivity index (χ1n) is 4.79. The number of nitrogens with zero attached hydrogens (tertiary/aromatic N) is 4. The first-order valence-corrected chi connectivity index (χ1v) is 6.42. The highest BCUT2D eigenvalue weighted by Crippen LogP contribution is 2.29. The lowest BCUT2D eigenvalue weighted by molar-refractivity contribution is 0.882. The molecule has 84 valence electrons. The number of hydrogen-bond acceptors (Lipinski definition) is 7. The fourth-order valence-electron chi connectivity index (χ4n) is 0.973. The standard InChI is InChI=1S/C9H11N5S2/c1-6(2)12-8-13-14-9(16-8)15-7-10-4-3-5-11-7/h3-6H,1-2H3,(H,12,13). The molecule has 0 aliphatic carbocycles. The normalized spacial score (nSPS) is 10.7. The Morgan fingerprint density at radius 1 is 1.25 bits per heavy atom. The van der Waals surface area contributed by atoms with Crippen molar-refractivity contribution in [1.29, 1.82) is 0 Å². The molecule has 0 atom stereocenters. The molecule has 0 unspecified atom stereocenters. The van der Waals surface area contributed by atoms with Gasteiger partial charge in [0, 0.05) is 18.4 Å². The molecule has 0 saturated carbocycles. The number of rotatable bonds is 4. The van der Waals surface area contributed by atoms with Crippen molar-refractivity contribution in [2.45, 2.75) is 29.4 Å². The van der Waals surface area contributed by atoms with Gasteiger partial charge in [0.2, 0.25) is 5.13 Å². The lowest BCUT2D eigenvalue weighted by Crippen LogP contribution is -2.08. The molecule has 0 spiro atoms. The van der Waals surface area contributed by atoms with Crippen LogP contribution < -0.4 is 5.32 Å². The van der Waals surface area contributed by atoms with E-state index in [1.807, 2.05) is 0 Å². The van der Waals surface area contributed by atoms with Crippen LogP contribution in [0, 0.1) is 0 Å². The summed E-state index contributed by atoms with van der Waals surface area (Å²) in [7, 11) is 0. The van der Waals surface area contributed by atoms with Gasteiger partial charge in [0.1, 0.15) is 0 Å². The molecule has 0 amide bonds. The van der Waals surface area contributed by atoms with E-state index in [1.54, 1.807) is 18.5 Å². The van der Waals surface area contributed by atoms with E-state index < -0.39 is 0 Å². The van der Waals surface area contributed by atoms with Crippen LogP contribution in [0.2, 0.25) is 0 Å². The van der Waals surface area contributed by atoms with Crippen molar-refractivity contribution in [1.82, 2.24) is 20.2 Å². The summed E-state index contributed by atoms with van der Waals surface area (Å²) in [5.41, 5.74) is 0. The van der Waals surface area contributed by atoms with Gasteiger partial charge in [0.25, 0.3) is 0 Å². The van der Waals surface area contributed by atoms with Crippen LogP contribution in [0.3, 0.4) is 0 Å². The Labute approximate surface area is 102 Å². The van der Waals surface area contributed by atoms with Gasteiger partial charge in [-0.15, -0.1) is 10.2 Å². The third-order valence-electron chi connectivity index (χ3n) is 1.54. The lowest BCUT2D eigenvalue weighted by Gasteiger charge is -2.02. The van der Waals surface area contributed by atoms with Gasteiger partial charge in [-0.25, -0.2) is 9.97 Å². The molecule has 0 saturated heterocycles. The third kappa shape index (κ3) is 3.14. The van der Waals surface area contributed by atoms with Crippen molar-refractivity contribution in [2.75, 3.05) is 5.32 Å². The van der Waals surface area contributed by atoms with Crippen molar-refractivity contribution in [3.63, 3.8) is 0 Å². The quantitative estimate of drug-likeness (QED) is 0.843. The summed E-state index contributed by atoms with van der Waals surface area (Å²) < 4.78 is 0.842. The van der Waals surface area contributed by atoms with Gasteiger partial charge in [-0.05, 0) is 31.7 Å². The number of nitrogens with one attached hydrogen (secondary N) is 1. The van der Waals surface area contributed by atoms with Crippen LogP contribution in [0.15, 0.2) is 28.0 Å². The van der Waals surface area contributed by atoms with Gasteiger partial charge in [-0.2, -0.15) is 0 Å². The second kappa shape index (κ2) is 5.22. The van der Waals surface area contributed by atoms with Gasteiger partial charge < -0.3 is 5.32 Å². The van der Waals surface area contributed by atoms with Crippen LogP contribution in [0.5, 0.6) is 0 Å². The first kappa shape index (κ1) is 11.3. The summed E-state index contributed by atoms with van der Waals surface area (Å²) in [5.74, 6) is 0. The fraction of sp³-hybridized carbons (Fsp3) is 0.333. The topological polar surface area (TPSA) is 63.6 Å². The maximum Gasteiger partial charge on any atom is 0.206 e. The van der Waals surface area contributed by atoms with Crippen LogP contribution in [0.25, 0.3) is 0 Å². The molecular weight excluding hydrogens is 242 g/mol. The zero-order valence-electron chi connectivity index (χ0n) is 8.91. The predicted molar refractivity (Wildman–Crippen MR) is 64.8 cm³/mol. The molecule has 2 aromatic heterocycles. The average molecular weight is 253 g/mol. The van der Waals surface area contributed by atoms with Crippen LogP contribution >= 0.6 is 23.1 Å². The Bertz CT molecular complexity index is 442. The van der Waals surface area contributed by atoms with E-state index in [-0.39, 0.29) is 0 Å². The first-order chi connectivity index (χ1) is 7.74. The Morgan fingerprint density at radius 2 is 2.00 bits per heavy atom. The van der Waals surface area contributed by atoms with E-state index in [1.165, 1.54) is 23.1 Å². The molecule has 0 aromatic carbocycles. The Hall–Kier alpha value is -1.21. The third-order valence-corrected chi connectivity index (χ3v) is 3.34. The molecule has 2 aromatic rings. The summed E-state index contributed by atoms with van der Waals surface area (Å²) in [4.78, 5) is 8.23. The SMILES string of the molecule is CC(C)Nc1nnc(Sc2ncccn2)s1. The highest BCUT2D eigenvalue weighted by molar-refractivity contribution is 8.00. The lowest BCUT2D eigenvalue weighted by atomic mass is 10.4. The average Bonchev–Trinajstić information content (AvgIpc) is 2.66. The van der Waals surface area contributed by atoms with Gasteiger partial charge in [0.15, 0.2) is 9.50 Å². The van der Waals surface area contributed by atoms with E-state index in [4.69, 9.17) is 0 Å². The molecule has 1 N–H and O–H groups in total. The van der Waals surface area contributed by atoms with E-state index >= 15 is 0 Å². The number of aromatic nitrogens is 4. The summed E-state index contributed by atoms with van der Waals surface area (Å²) in [5, 5.41) is 12.8. The van der Waals surface area contributed by atoms with E-state index in [0.717, 1.165) is 9.47 Å². The Morgan fingerprint density at radius 3 is 2.69 bits per heavy atom. The molecule has 0 aliphatic rings. The van der Waals surface area contributed by atoms with Gasteiger partial charge in [-0.3, -0.25) is 0 Å². The summed E-state index contributed by atoms with van der Waals surface area (Å²) in [6.45, 7) is 4.13. The maximum atomic E-state index is 4.11. The van der Waals surface area contributed by atoms with Crippen molar-refractivity contribution < 1.29 is 0 Å². The zero-order chi connectivity index (χ0) is 11.4. The fourth-order valence-corrected chi connectivity index (χ4v) is 2.69. The minimum Gasteiger partial charge on any atom is -0.358 e. The van der Waals surface area contributed by atoms with Crippen LogP contribution in [-0.2, 0) is 0 Å². The molecule has 0 radical (unpaired) electrons. The molecule has 2 heterocycles. The molecule has 7 heteroatoms. The summed E-state index contributed by atoms with van der Waals surface area (Å²) in [6, 6.07) is 2.15. The monoisotopic (exact) mass is 253 g/mol. The Balaban J connectivity index is 2.03. The second-order valence-electron chi connectivity index (χ2n) is 3.31. The highest BCUT2D eigenvalue weighted by atomic mass is 32.2. The smallest absolute Gasteiger partial charge is 0.206 e. The van der Waals surface area contributed by atoms with Crippen molar-refractivity contribution in [3.05, 3.63) is 18.5 Å². The van der Waals surface area contributed by atoms with Crippen molar-refractivity contribution in [3.8, 4) is 0 Å². The minimum atomic E-state index is 0.360. The maximum absolute atomic E-state index is 4.11. The van der Waals surface area contributed by atoms with E-state index in [2.05, 4.69) is 39.3 Å². The number of anilines is 1. The van der Waals surface area contributed by atoms with Crippen LogP contribution in [0.4, 0.5) is 5.13 Å². The van der Waals surface area contributed by atoms with Gasteiger partial charge >= 0.3 is 0 Å². The number of hydrogen-bond donors (Lipinski definition) is 1. The van der Waals surface area contributed by atoms with Crippen LogP contribution in [0.1, 0.15) is 13.8 Å². The van der Waals surface area contributed by atoms with E-state index in [9.17, 15) is 0 Å². The predicted octanol–water partition coefficient (Wildman–Crippen LogP) is 2.30. The van der Waals surface area contributed by atoms with Crippen LogP contribution in [-0.4, -0.2) is 26.2 Å². The van der Waals surface area contributed by atoms with Crippen molar-refractivity contribution >= 4 is 28.2 Å². The molecule has 2 rings (SSSR count). The summed E-state index contributed by atoms with van der Waals surface area (Å²) in [6.07, 6.45) is 3.42. The Kier molecular flexibility index (Phi) is 3.68. The molecule has 0 bridgehead atoms. The van der Waals surface area contributed by atoms with Gasteiger partial charge in [-0.1, -0.05) is 11.3 Å². The molecule has 0 aliphatic heterocycles. The van der Waals surface area contributed by atoms with Crippen molar-refractivity contribution in [2.24, 2.45) is 0 Å². The zero-order valence-corrected chi connectivity index (χ0v) is 10.5. The molecule has 16 heavy (non-hydrogen) atoms. The molecule has 0 fully saturated rings. The molecule has 5 nitrogen and oxygen atoms in total. The largest absolute Gasteiger partial charge is 0.358 e. The van der Waals surface area contributed by atoms with E-state index in [0.29, 0.717) is 11.2 Å². The van der Waals surface area contributed by atoms with Gasteiger partial charge in [0.05, 0.1) is 0 Å².